The van der Waals surface area contributed by atoms with Gasteiger partial charge >= 0.3 is 0 Å². The monoisotopic (exact) mass is 468 g/mol. The van der Waals surface area contributed by atoms with Crippen molar-refractivity contribution in [1.82, 2.24) is 4.90 Å². The number of aliphatic hydroxyl groups is 1. The van der Waals surface area contributed by atoms with Gasteiger partial charge < -0.3 is 21.9 Å². The molecule has 9 nitrogen and oxygen atoms in total. The van der Waals surface area contributed by atoms with E-state index < -0.39 is 11.3 Å². The van der Waals surface area contributed by atoms with Crippen molar-refractivity contribution in [1.29, 1.82) is 0 Å². The van der Waals surface area contributed by atoms with E-state index in [9.17, 15) is 15.2 Å². The lowest BCUT2D eigenvalue weighted by molar-refractivity contribution is -0.384. The summed E-state index contributed by atoms with van der Waals surface area (Å²) in [6, 6.07) is 21.0. The zero-order valence-corrected chi connectivity index (χ0v) is 18.5. The Kier molecular flexibility index (Phi) is 8.20. The molecule has 0 fully saturated rings. The first-order valence-corrected chi connectivity index (χ1v) is 10.5. The predicted molar refractivity (Wildman–Crippen MR) is 129 cm³/mol. The molecule has 3 aromatic carbocycles. The van der Waals surface area contributed by atoms with Crippen molar-refractivity contribution in [3.63, 3.8) is 0 Å². The molecule has 0 aliphatic carbocycles. The first kappa shape index (κ1) is 24.0. The van der Waals surface area contributed by atoms with Crippen molar-refractivity contribution in [3.05, 3.63) is 105 Å². The number of nitro benzene ring substituents is 1. The summed E-state index contributed by atoms with van der Waals surface area (Å²) in [7, 11) is 0. The zero-order chi connectivity index (χ0) is 23.8. The third kappa shape index (κ3) is 7.46. The number of anilines is 1. The molecule has 3 aromatic rings. The van der Waals surface area contributed by atoms with Crippen LogP contribution in [0.1, 0.15) is 16.7 Å². The van der Waals surface area contributed by atoms with Crippen molar-refractivity contribution in [2.75, 3.05) is 5.32 Å². The SMILES string of the molecule is NC(N)=NCc1ccc(CN(Cc2ccc(Cl)cc2)C(O)Nc2cccc([N+](=O)[O-])c2)cc1. The molecule has 0 radical (unpaired) electrons. The molecule has 0 spiro atoms. The van der Waals surface area contributed by atoms with Crippen LogP contribution < -0.4 is 16.8 Å². The van der Waals surface area contributed by atoms with Gasteiger partial charge in [-0.3, -0.25) is 15.0 Å². The molecule has 0 saturated carbocycles. The maximum absolute atomic E-state index is 11.1. The second-order valence-corrected chi connectivity index (χ2v) is 7.85. The van der Waals surface area contributed by atoms with Crippen molar-refractivity contribution < 1.29 is 10.0 Å². The summed E-state index contributed by atoms with van der Waals surface area (Å²) >= 11 is 5.99. The fourth-order valence-electron chi connectivity index (χ4n) is 3.17. The Labute approximate surface area is 196 Å². The normalized spacial score (nSPS) is 11.7. The molecule has 0 amide bonds. The standard InChI is InChI=1S/C23H25ClN6O3/c24-19-10-8-18(9-11-19)15-29(14-17-6-4-16(5-7-17)13-27-22(25)26)23(31)28-20-2-1-3-21(12-20)30(32)33/h1-12,23,28,31H,13-15H2,(H4,25,26,27). The number of nitrogens with two attached hydrogens (primary N) is 2. The molecular weight excluding hydrogens is 444 g/mol. The summed E-state index contributed by atoms with van der Waals surface area (Å²) in [6.07, 6.45) is -1.11. The fraction of sp³-hybridized carbons (Fsp3) is 0.174. The zero-order valence-electron chi connectivity index (χ0n) is 17.8. The Balaban J connectivity index is 1.78. The van der Waals surface area contributed by atoms with E-state index >= 15 is 0 Å². The van der Waals surface area contributed by atoms with E-state index in [1.165, 1.54) is 12.1 Å². The molecule has 0 aromatic heterocycles. The Hall–Kier alpha value is -3.66. The smallest absolute Gasteiger partial charge is 0.271 e. The molecule has 0 aliphatic heterocycles. The average Bonchev–Trinajstić information content (AvgIpc) is 2.79. The van der Waals surface area contributed by atoms with Gasteiger partial charge in [0.05, 0.1) is 11.5 Å². The Bertz CT molecular complexity index is 1100. The van der Waals surface area contributed by atoms with Gasteiger partial charge in [0.15, 0.2) is 12.3 Å². The molecule has 1 unspecified atom stereocenters. The van der Waals surface area contributed by atoms with Crippen LogP contribution >= 0.6 is 11.6 Å². The van der Waals surface area contributed by atoms with Gasteiger partial charge in [0.1, 0.15) is 0 Å². The summed E-state index contributed by atoms with van der Waals surface area (Å²) < 4.78 is 0. The molecule has 6 N–H and O–H groups in total. The lowest BCUT2D eigenvalue weighted by Crippen LogP contribution is -2.39. The van der Waals surface area contributed by atoms with E-state index in [4.69, 9.17) is 23.1 Å². The number of benzene rings is 3. The molecule has 33 heavy (non-hydrogen) atoms. The molecule has 0 saturated heterocycles. The molecule has 3 rings (SSSR count). The van der Waals surface area contributed by atoms with Crippen LogP contribution in [0, 0.1) is 10.1 Å². The van der Waals surface area contributed by atoms with E-state index in [0.717, 1.165) is 16.7 Å². The van der Waals surface area contributed by atoms with Gasteiger partial charge in [-0.15, -0.1) is 0 Å². The number of non-ortho nitro benzene ring substituents is 1. The number of guanidine groups is 1. The van der Waals surface area contributed by atoms with Crippen LogP contribution in [0.25, 0.3) is 0 Å². The fourth-order valence-corrected chi connectivity index (χ4v) is 3.30. The number of aliphatic hydroxyl groups excluding tert-OH is 1. The van der Waals surface area contributed by atoms with E-state index in [1.54, 1.807) is 29.2 Å². The number of hydrogen-bond acceptors (Lipinski definition) is 6. The number of aliphatic imine (C=N–C) groups is 1. The summed E-state index contributed by atoms with van der Waals surface area (Å²) in [6.45, 7) is 1.21. The molecule has 10 heteroatoms. The Morgan fingerprint density at radius 2 is 1.61 bits per heavy atom. The van der Waals surface area contributed by atoms with Crippen LogP contribution in [0.3, 0.4) is 0 Å². The third-order valence-electron chi connectivity index (χ3n) is 4.85. The van der Waals surface area contributed by atoms with Gasteiger partial charge in [-0.1, -0.05) is 54.1 Å². The number of hydrogen-bond donors (Lipinski definition) is 4. The molecule has 1 atom stereocenters. The van der Waals surface area contributed by atoms with Gasteiger partial charge in [-0.2, -0.15) is 0 Å². The molecule has 0 heterocycles. The van der Waals surface area contributed by atoms with E-state index in [-0.39, 0.29) is 11.6 Å². The van der Waals surface area contributed by atoms with E-state index in [0.29, 0.717) is 30.3 Å². The second kappa shape index (κ2) is 11.3. The highest BCUT2D eigenvalue weighted by molar-refractivity contribution is 6.30. The van der Waals surface area contributed by atoms with Crippen LogP contribution in [0.4, 0.5) is 11.4 Å². The van der Waals surface area contributed by atoms with Crippen molar-refractivity contribution in [2.45, 2.75) is 26.0 Å². The topological polar surface area (TPSA) is 143 Å². The Morgan fingerprint density at radius 3 is 2.18 bits per heavy atom. The highest BCUT2D eigenvalue weighted by Crippen LogP contribution is 2.20. The maximum Gasteiger partial charge on any atom is 0.271 e. The largest absolute Gasteiger partial charge is 0.370 e. The van der Waals surface area contributed by atoms with Gasteiger partial charge in [0, 0.05) is 35.9 Å². The number of nitrogens with zero attached hydrogens (tertiary/aromatic N) is 3. The molecule has 0 aliphatic rings. The van der Waals surface area contributed by atoms with Gasteiger partial charge in [0.2, 0.25) is 0 Å². The quantitative estimate of drug-likeness (QED) is 0.117. The number of nitrogens with one attached hydrogen (secondary N) is 1. The van der Waals surface area contributed by atoms with Crippen LogP contribution in [0.15, 0.2) is 77.8 Å². The summed E-state index contributed by atoms with van der Waals surface area (Å²) in [5.74, 6) is 0.0311. The maximum atomic E-state index is 11.1. The first-order valence-electron chi connectivity index (χ1n) is 10.1. The number of halogens is 1. The van der Waals surface area contributed by atoms with Crippen molar-refractivity contribution in [2.24, 2.45) is 16.5 Å². The van der Waals surface area contributed by atoms with E-state index in [2.05, 4.69) is 10.3 Å². The van der Waals surface area contributed by atoms with Gasteiger partial charge in [0.25, 0.3) is 5.69 Å². The minimum absolute atomic E-state index is 0.0311. The predicted octanol–water partition coefficient (Wildman–Crippen LogP) is 3.41. The molecule has 0 bridgehead atoms. The molecule has 172 valence electrons. The van der Waals surface area contributed by atoms with Crippen molar-refractivity contribution >= 4 is 28.9 Å². The minimum Gasteiger partial charge on any atom is -0.370 e. The summed E-state index contributed by atoms with van der Waals surface area (Å²) in [5, 5.41) is 25.6. The average molecular weight is 469 g/mol. The number of rotatable bonds is 10. The van der Waals surface area contributed by atoms with Crippen molar-refractivity contribution in [3.8, 4) is 0 Å². The minimum atomic E-state index is -1.11. The lowest BCUT2D eigenvalue weighted by Gasteiger charge is -2.29. The Morgan fingerprint density at radius 1 is 1.03 bits per heavy atom. The highest BCUT2D eigenvalue weighted by Gasteiger charge is 2.18. The van der Waals surface area contributed by atoms with Gasteiger partial charge in [-0.25, -0.2) is 4.99 Å². The van der Waals surface area contributed by atoms with Crippen LogP contribution in [-0.2, 0) is 19.6 Å². The molecular formula is C23H25ClN6O3. The summed E-state index contributed by atoms with van der Waals surface area (Å²) in [5.41, 5.74) is 14.0. The second-order valence-electron chi connectivity index (χ2n) is 7.41. The van der Waals surface area contributed by atoms with E-state index in [1.807, 2.05) is 36.4 Å². The lowest BCUT2D eigenvalue weighted by atomic mass is 10.1. The van der Waals surface area contributed by atoms with Crippen LogP contribution in [0.2, 0.25) is 5.02 Å². The van der Waals surface area contributed by atoms with Crippen LogP contribution in [0.5, 0.6) is 0 Å². The van der Waals surface area contributed by atoms with Gasteiger partial charge in [-0.05, 0) is 34.9 Å². The highest BCUT2D eigenvalue weighted by atomic mass is 35.5. The van der Waals surface area contributed by atoms with Crippen LogP contribution in [-0.4, -0.2) is 27.2 Å². The summed E-state index contributed by atoms with van der Waals surface area (Å²) in [4.78, 5) is 16.4. The third-order valence-corrected chi connectivity index (χ3v) is 5.10. The first-order chi connectivity index (χ1) is 15.8. The number of nitro groups is 1.